The molecule has 12 aromatic carbocycles. The molecule has 0 saturated heterocycles. The van der Waals surface area contributed by atoms with Crippen molar-refractivity contribution in [3.63, 3.8) is 0 Å². The molecule has 0 amide bonds. The molecule has 0 atom stereocenters. The van der Waals surface area contributed by atoms with Crippen molar-refractivity contribution < 1.29 is 0 Å². The Bertz CT molecular complexity index is 3560. The minimum Gasteiger partial charge on any atom is -0.0622 e. The van der Waals surface area contributed by atoms with E-state index >= 15 is 0 Å². The highest BCUT2D eigenvalue weighted by Gasteiger charge is 2.20. The predicted molar refractivity (Wildman–Crippen MR) is 251 cm³/mol. The Kier molecular flexibility index (Phi) is 7.33. The zero-order valence-electron chi connectivity index (χ0n) is 31.8. The van der Waals surface area contributed by atoms with Crippen LogP contribution in [0, 0.1) is 0 Å². The molecule has 12 aromatic rings. The summed E-state index contributed by atoms with van der Waals surface area (Å²) in [4.78, 5) is 0. The first-order valence-corrected chi connectivity index (χ1v) is 20.2. The van der Waals surface area contributed by atoms with Crippen molar-refractivity contribution >= 4 is 75.4 Å². The van der Waals surface area contributed by atoms with Crippen LogP contribution in [0.3, 0.4) is 0 Å². The lowest BCUT2D eigenvalue weighted by molar-refractivity contribution is 1.62. The van der Waals surface area contributed by atoms with Crippen molar-refractivity contribution in [2.24, 2.45) is 0 Å². The van der Waals surface area contributed by atoms with Crippen LogP contribution in [0.5, 0.6) is 0 Å². The van der Waals surface area contributed by atoms with Gasteiger partial charge in [-0.3, -0.25) is 0 Å². The van der Waals surface area contributed by atoms with E-state index in [9.17, 15) is 0 Å². The van der Waals surface area contributed by atoms with Crippen molar-refractivity contribution in [3.8, 4) is 44.5 Å². The average Bonchev–Trinajstić information content (AvgIpc) is 3.31. The third-order valence-corrected chi connectivity index (χ3v) is 12.4. The molecule has 0 nitrogen and oxygen atoms in total. The highest BCUT2D eigenvalue weighted by Crippen LogP contribution is 2.48. The van der Waals surface area contributed by atoms with Crippen molar-refractivity contribution in [3.05, 3.63) is 218 Å². The van der Waals surface area contributed by atoms with E-state index < -0.39 is 0 Å². The Labute approximate surface area is 336 Å². The molecule has 58 heavy (non-hydrogen) atoms. The minimum absolute atomic E-state index is 1.21. The van der Waals surface area contributed by atoms with Gasteiger partial charge in [0.15, 0.2) is 0 Å². The van der Waals surface area contributed by atoms with Crippen LogP contribution in [-0.2, 0) is 0 Å². The lowest BCUT2D eigenvalue weighted by atomic mass is 9.82. The second kappa shape index (κ2) is 13.0. The first-order chi connectivity index (χ1) is 28.8. The quantitative estimate of drug-likeness (QED) is 0.158. The summed E-state index contributed by atoms with van der Waals surface area (Å²) in [6.07, 6.45) is 0. The number of benzene rings is 12. The molecule has 0 spiro atoms. The lowest BCUT2D eigenvalue weighted by Gasteiger charge is -2.20. The van der Waals surface area contributed by atoms with Crippen molar-refractivity contribution in [1.82, 2.24) is 0 Å². The normalized spacial score (nSPS) is 11.8. The van der Waals surface area contributed by atoms with E-state index in [1.807, 2.05) is 0 Å². The number of hydrogen-bond donors (Lipinski definition) is 0. The van der Waals surface area contributed by atoms with Crippen LogP contribution in [0.25, 0.3) is 120 Å². The summed E-state index contributed by atoms with van der Waals surface area (Å²) in [6, 6.07) is 81.0. The van der Waals surface area contributed by atoms with Gasteiger partial charge in [-0.05, 0) is 144 Å². The van der Waals surface area contributed by atoms with Crippen LogP contribution >= 0.6 is 0 Å². The van der Waals surface area contributed by atoms with Crippen LogP contribution in [0.15, 0.2) is 218 Å². The Morgan fingerprint density at radius 3 is 1.05 bits per heavy atom. The van der Waals surface area contributed by atoms with Gasteiger partial charge in [-0.2, -0.15) is 0 Å². The van der Waals surface area contributed by atoms with E-state index in [1.165, 1.54) is 120 Å². The molecule has 0 heteroatoms. The number of hydrogen-bond acceptors (Lipinski definition) is 0. The molecular formula is C58H36. The molecular weight excluding hydrogens is 697 g/mol. The van der Waals surface area contributed by atoms with Crippen LogP contribution < -0.4 is 0 Å². The minimum atomic E-state index is 1.21. The van der Waals surface area contributed by atoms with Gasteiger partial charge in [0, 0.05) is 0 Å². The van der Waals surface area contributed by atoms with E-state index in [1.54, 1.807) is 0 Å². The van der Waals surface area contributed by atoms with Gasteiger partial charge in [0.25, 0.3) is 0 Å². The van der Waals surface area contributed by atoms with Crippen molar-refractivity contribution in [1.29, 1.82) is 0 Å². The first kappa shape index (κ1) is 32.7. The van der Waals surface area contributed by atoms with Gasteiger partial charge in [-0.15, -0.1) is 0 Å². The maximum Gasteiger partial charge on any atom is -0.00201 e. The van der Waals surface area contributed by atoms with E-state index in [-0.39, 0.29) is 0 Å². The third kappa shape index (κ3) is 5.02. The monoisotopic (exact) mass is 732 g/mol. The molecule has 0 saturated carbocycles. The molecule has 0 aromatic heterocycles. The molecule has 268 valence electrons. The summed E-state index contributed by atoms with van der Waals surface area (Å²) in [5, 5.41) is 17.9. The number of fused-ring (bicyclic) bond motifs is 12. The van der Waals surface area contributed by atoms with Gasteiger partial charge in [0.05, 0.1) is 0 Å². The van der Waals surface area contributed by atoms with Crippen LogP contribution in [0.1, 0.15) is 0 Å². The second-order valence-corrected chi connectivity index (χ2v) is 15.5. The fourth-order valence-corrected chi connectivity index (χ4v) is 9.78. The fraction of sp³-hybridized carbons (Fsp3) is 0. The molecule has 0 aliphatic heterocycles. The lowest BCUT2D eigenvalue weighted by Crippen LogP contribution is -1.93. The molecule has 0 aliphatic carbocycles. The maximum atomic E-state index is 2.45. The summed E-state index contributed by atoms with van der Waals surface area (Å²) in [5.41, 5.74) is 9.84. The Balaban J connectivity index is 1.16. The number of rotatable bonds is 4. The topological polar surface area (TPSA) is 0 Å². The van der Waals surface area contributed by atoms with Crippen LogP contribution in [-0.4, -0.2) is 0 Å². The van der Waals surface area contributed by atoms with Gasteiger partial charge in [0.2, 0.25) is 0 Å². The molecule has 0 aliphatic rings. The first-order valence-electron chi connectivity index (χ1n) is 20.2. The van der Waals surface area contributed by atoms with Crippen molar-refractivity contribution in [2.45, 2.75) is 0 Å². The standard InChI is InChI=1S/C58H36/c1-3-15-37(16-4-1)57-55-34-40(39-27-30-50-47-24-11-10-22-45(47)46-23-12-14-26-49(46)54(50)33-39)28-31-51(55)52-32-29-42(36-56(52)58(57)38-17-5-2-6-18-38)53-35-41-19-7-8-20-43(41)44-21-9-13-25-48(44)53/h1-36H. The Hall–Kier alpha value is -7.54. The SMILES string of the molecule is c1ccc(-c2c(-c3ccccc3)c3cc(-c4cc5ccccc5c5ccccc45)ccc3c3ccc(-c4ccc5c6ccccc6c6ccccc6c5c4)cc23)cc1. The van der Waals surface area contributed by atoms with E-state index in [4.69, 9.17) is 0 Å². The van der Waals surface area contributed by atoms with Gasteiger partial charge >= 0.3 is 0 Å². The molecule has 0 bridgehead atoms. The third-order valence-electron chi connectivity index (χ3n) is 12.4. The molecule has 0 heterocycles. The Morgan fingerprint density at radius 1 is 0.172 bits per heavy atom. The second-order valence-electron chi connectivity index (χ2n) is 15.5. The summed E-state index contributed by atoms with van der Waals surface area (Å²) < 4.78 is 0. The van der Waals surface area contributed by atoms with Crippen LogP contribution in [0.4, 0.5) is 0 Å². The molecule has 0 N–H and O–H groups in total. The van der Waals surface area contributed by atoms with E-state index in [0.717, 1.165) is 0 Å². The maximum absolute atomic E-state index is 2.45. The predicted octanol–water partition coefficient (Wildman–Crippen LogP) is 16.4. The van der Waals surface area contributed by atoms with Gasteiger partial charge in [0.1, 0.15) is 0 Å². The van der Waals surface area contributed by atoms with E-state index in [0.29, 0.717) is 0 Å². The highest BCUT2D eigenvalue weighted by molar-refractivity contribution is 6.27. The summed E-state index contributed by atoms with van der Waals surface area (Å²) in [7, 11) is 0. The Morgan fingerprint density at radius 2 is 0.517 bits per heavy atom. The van der Waals surface area contributed by atoms with Crippen LogP contribution in [0.2, 0.25) is 0 Å². The largest absolute Gasteiger partial charge is 0.0622 e. The van der Waals surface area contributed by atoms with Gasteiger partial charge in [-0.25, -0.2) is 0 Å². The zero-order chi connectivity index (χ0) is 38.2. The highest BCUT2D eigenvalue weighted by atomic mass is 14.2. The summed E-state index contributed by atoms with van der Waals surface area (Å²) >= 11 is 0. The molecule has 0 radical (unpaired) electrons. The fourth-order valence-electron chi connectivity index (χ4n) is 9.78. The smallest absolute Gasteiger partial charge is 0.00201 e. The van der Waals surface area contributed by atoms with Gasteiger partial charge in [-0.1, -0.05) is 194 Å². The molecule has 12 rings (SSSR count). The summed E-state index contributed by atoms with van der Waals surface area (Å²) in [5.74, 6) is 0. The molecule has 0 unspecified atom stereocenters. The molecule has 0 fully saturated rings. The van der Waals surface area contributed by atoms with Crippen molar-refractivity contribution in [2.75, 3.05) is 0 Å². The van der Waals surface area contributed by atoms with Gasteiger partial charge < -0.3 is 0 Å². The zero-order valence-corrected chi connectivity index (χ0v) is 31.8. The van der Waals surface area contributed by atoms with E-state index in [2.05, 4.69) is 218 Å². The average molecular weight is 733 g/mol. The summed E-state index contributed by atoms with van der Waals surface area (Å²) in [6.45, 7) is 0.